The number of thiol groups is 1. The van der Waals surface area contributed by atoms with Crippen molar-refractivity contribution in [3.63, 3.8) is 0 Å². The van der Waals surface area contributed by atoms with Crippen molar-refractivity contribution in [2.45, 2.75) is 11.1 Å². The minimum Gasteiger partial charge on any atom is -0.310 e. The van der Waals surface area contributed by atoms with Gasteiger partial charge in [-0.2, -0.15) is 0 Å². The number of rotatable bonds is 1. The van der Waals surface area contributed by atoms with Crippen LogP contribution >= 0.6 is 24.0 Å². The molecule has 1 N–H and O–H groups in total. The van der Waals surface area contributed by atoms with Gasteiger partial charge in [-0.3, -0.25) is 9.59 Å². The lowest BCUT2D eigenvalue weighted by Gasteiger charge is -1.93. The fraction of sp³-hybridized carbons (Fsp3) is 0.125. The average Bonchev–Trinajstić information content (AvgIpc) is 2.42. The molecule has 0 aliphatic carbocycles. The number of carbonyl (C=O) groups is 1. The molecule has 2 aromatic heterocycles. The first kappa shape index (κ1) is 9.42. The van der Waals surface area contributed by atoms with E-state index in [1.165, 1.54) is 0 Å². The monoisotopic (exact) mass is 226 g/mol. The quantitative estimate of drug-likeness (QED) is 0.570. The second-order valence-electron chi connectivity index (χ2n) is 2.76. The molecule has 0 aromatic carbocycles. The minimum absolute atomic E-state index is 0.248. The van der Waals surface area contributed by atoms with Gasteiger partial charge in [0.2, 0.25) is 0 Å². The summed E-state index contributed by atoms with van der Waals surface area (Å²) >= 11 is 5.29. The maximum atomic E-state index is 11.5. The Morgan fingerprint density at radius 2 is 2.29 bits per heavy atom. The lowest BCUT2D eigenvalue weighted by molar-refractivity contribution is 0.112. The van der Waals surface area contributed by atoms with Crippen molar-refractivity contribution < 1.29 is 4.79 Å². The summed E-state index contributed by atoms with van der Waals surface area (Å²) in [4.78, 5) is 29.3. The van der Waals surface area contributed by atoms with Gasteiger partial charge in [-0.15, -0.1) is 24.0 Å². The van der Waals surface area contributed by atoms with E-state index in [-0.39, 0.29) is 5.56 Å². The summed E-state index contributed by atoms with van der Waals surface area (Å²) < 4.78 is 0.524. The van der Waals surface area contributed by atoms with E-state index in [0.29, 0.717) is 32.1 Å². The lowest BCUT2D eigenvalue weighted by atomic mass is 10.3. The highest BCUT2D eigenvalue weighted by molar-refractivity contribution is 7.83. The molecule has 14 heavy (non-hydrogen) atoms. The molecule has 0 amide bonds. The van der Waals surface area contributed by atoms with Crippen LogP contribution in [-0.4, -0.2) is 16.3 Å². The van der Waals surface area contributed by atoms with E-state index < -0.39 is 0 Å². The van der Waals surface area contributed by atoms with Crippen LogP contribution in [0.4, 0.5) is 0 Å². The highest BCUT2D eigenvalue weighted by atomic mass is 32.2. The molecule has 2 aromatic rings. The van der Waals surface area contributed by atoms with Gasteiger partial charge in [0.15, 0.2) is 6.29 Å². The third-order valence-corrected chi connectivity index (χ3v) is 3.20. The first-order valence-electron chi connectivity index (χ1n) is 3.81. The van der Waals surface area contributed by atoms with Crippen molar-refractivity contribution in [2.24, 2.45) is 0 Å². The van der Waals surface area contributed by atoms with E-state index in [1.54, 1.807) is 6.92 Å². The van der Waals surface area contributed by atoms with Crippen LogP contribution in [0.1, 0.15) is 15.5 Å². The third kappa shape index (κ3) is 1.27. The number of aldehydes is 1. The summed E-state index contributed by atoms with van der Waals surface area (Å²) in [5, 5.41) is 0.394. The van der Waals surface area contributed by atoms with Gasteiger partial charge >= 0.3 is 0 Å². The van der Waals surface area contributed by atoms with E-state index in [9.17, 15) is 9.59 Å². The van der Waals surface area contributed by atoms with Crippen LogP contribution in [-0.2, 0) is 0 Å². The number of nitrogens with zero attached hydrogens (tertiary/aromatic N) is 1. The van der Waals surface area contributed by atoms with Crippen LogP contribution in [0.25, 0.3) is 10.9 Å². The van der Waals surface area contributed by atoms with Gasteiger partial charge in [0.05, 0.1) is 14.5 Å². The Kier molecular flexibility index (Phi) is 2.16. The van der Waals surface area contributed by atoms with Crippen molar-refractivity contribution in [1.29, 1.82) is 0 Å². The van der Waals surface area contributed by atoms with Crippen LogP contribution < -0.4 is 5.56 Å². The fourth-order valence-electron chi connectivity index (χ4n) is 1.25. The van der Waals surface area contributed by atoms with Crippen molar-refractivity contribution in [3.8, 4) is 0 Å². The summed E-state index contributed by atoms with van der Waals surface area (Å²) in [5.74, 6) is 0.497. The molecule has 4 nitrogen and oxygen atoms in total. The molecule has 0 aliphatic heterocycles. The van der Waals surface area contributed by atoms with Crippen LogP contribution in [0.2, 0.25) is 0 Å². The molecule has 0 spiro atoms. The van der Waals surface area contributed by atoms with Crippen molar-refractivity contribution in [1.82, 2.24) is 9.97 Å². The Labute approximate surface area is 88.4 Å². The zero-order chi connectivity index (χ0) is 10.3. The molecule has 0 radical (unpaired) electrons. The second kappa shape index (κ2) is 3.21. The summed E-state index contributed by atoms with van der Waals surface area (Å²) in [6.07, 6.45) is 0.693. The number of aryl methyl sites for hydroxylation is 1. The number of fused-ring (bicyclic) bond motifs is 1. The van der Waals surface area contributed by atoms with Gasteiger partial charge in [0.1, 0.15) is 11.3 Å². The number of carbonyl (C=O) groups excluding carboxylic acids is 1. The van der Waals surface area contributed by atoms with Gasteiger partial charge in [-0.1, -0.05) is 0 Å². The molecule has 0 bridgehead atoms. The largest absolute Gasteiger partial charge is 0.310 e. The SMILES string of the molecule is Cc1nc2c(C=O)sc(S)c2c(=O)[nH]1. The van der Waals surface area contributed by atoms with Crippen LogP contribution in [0.3, 0.4) is 0 Å². The number of H-pyrrole nitrogens is 1. The molecular formula is C8H6N2O2S2. The van der Waals surface area contributed by atoms with Crippen LogP contribution in [0.15, 0.2) is 9.00 Å². The zero-order valence-corrected chi connectivity index (χ0v) is 8.91. The van der Waals surface area contributed by atoms with Crippen molar-refractivity contribution in [3.05, 3.63) is 21.1 Å². The van der Waals surface area contributed by atoms with Crippen LogP contribution in [0, 0.1) is 6.92 Å². The molecule has 2 rings (SSSR count). The zero-order valence-electron chi connectivity index (χ0n) is 7.20. The molecule has 72 valence electrons. The second-order valence-corrected chi connectivity index (χ2v) is 4.57. The molecule has 2 heterocycles. The average molecular weight is 226 g/mol. The van der Waals surface area contributed by atoms with Crippen molar-refractivity contribution >= 4 is 41.2 Å². The molecule has 6 heteroatoms. The number of thiophene rings is 1. The predicted octanol–water partition coefficient (Wildman–Crippen LogP) is 1.39. The number of aromatic nitrogens is 2. The smallest absolute Gasteiger partial charge is 0.260 e. The van der Waals surface area contributed by atoms with Gasteiger partial charge in [0.25, 0.3) is 5.56 Å². The number of aromatic amines is 1. The lowest BCUT2D eigenvalue weighted by Crippen LogP contribution is -2.09. The standard InChI is InChI=1S/C8H6N2O2S2/c1-3-9-6-4(2-11)14-8(13)5(6)7(12)10-3/h2,13H,1H3,(H,9,10,12). The fourth-order valence-corrected chi connectivity index (χ4v) is 2.54. The molecule has 0 atom stereocenters. The molecule has 0 fully saturated rings. The number of hydrogen-bond donors (Lipinski definition) is 2. The Hall–Kier alpha value is -1.14. The highest BCUT2D eigenvalue weighted by Gasteiger charge is 2.13. The predicted molar refractivity (Wildman–Crippen MR) is 57.6 cm³/mol. The topological polar surface area (TPSA) is 62.8 Å². The van der Waals surface area contributed by atoms with Gasteiger partial charge in [-0.05, 0) is 6.92 Å². The Balaban J connectivity index is 3.04. The number of hydrogen-bond acceptors (Lipinski definition) is 5. The first-order valence-corrected chi connectivity index (χ1v) is 5.07. The summed E-state index contributed by atoms with van der Waals surface area (Å²) in [6, 6.07) is 0. The van der Waals surface area contributed by atoms with E-state index in [4.69, 9.17) is 0 Å². The van der Waals surface area contributed by atoms with Gasteiger partial charge in [0, 0.05) is 0 Å². The Bertz CT molecular complexity index is 570. The van der Waals surface area contributed by atoms with E-state index in [0.717, 1.165) is 11.3 Å². The molecular weight excluding hydrogens is 220 g/mol. The number of nitrogens with one attached hydrogen (secondary N) is 1. The van der Waals surface area contributed by atoms with Crippen LogP contribution in [0.5, 0.6) is 0 Å². The van der Waals surface area contributed by atoms with E-state index in [2.05, 4.69) is 22.6 Å². The van der Waals surface area contributed by atoms with Crippen molar-refractivity contribution in [2.75, 3.05) is 0 Å². The highest BCUT2D eigenvalue weighted by Crippen LogP contribution is 2.28. The maximum Gasteiger partial charge on any atom is 0.260 e. The summed E-state index contributed by atoms with van der Waals surface area (Å²) in [6.45, 7) is 1.67. The van der Waals surface area contributed by atoms with E-state index in [1.807, 2.05) is 0 Å². The molecule has 0 saturated carbocycles. The Morgan fingerprint density at radius 1 is 1.57 bits per heavy atom. The normalized spacial score (nSPS) is 10.7. The molecule has 0 aliphatic rings. The van der Waals surface area contributed by atoms with Gasteiger partial charge < -0.3 is 4.98 Å². The molecule has 0 unspecified atom stereocenters. The minimum atomic E-state index is -0.248. The summed E-state index contributed by atoms with van der Waals surface area (Å²) in [7, 11) is 0. The Morgan fingerprint density at radius 3 is 2.93 bits per heavy atom. The molecule has 0 saturated heterocycles. The summed E-state index contributed by atoms with van der Waals surface area (Å²) in [5.41, 5.74) is 0.193. The first-order chi connectivity index (χ1) is 6.63. The van der Waals surface area contributed by atoms with E-state index >= 15 is 0 Å². The maximum absolute atomic E-state index is 11.5. The third-order valence-electron chi connectivity index (χ3n) is 1.80. The van der Waals surface area contributed by atoms with Gasteiger partial charge in [-0.25, -0.2) is 4.98 Å².